The van der Waals surface area contributed by atoms with Gasteiger partial charge in [0.05, 0.1) is 6.10 Å². The molecular formula is C14H23NO2. The molecule has 2 saturated carbocycles. The lowest BCUT2D eigenvalue weighted by Gasteiger charge is -2.26. The summed E-state index contributed by atoms with van der Waals surface area (Å²) in [6.45, 7) is 3.10. The Balaban J connectivity index is 1.55. The molecule has 1 aliphatic heterocycles. The Labute approximate surface area is 103 Å². The lowest BCUT2D eigenvalue weighted by atomic mass is 9.87. The first-order valence-corrected chi connectivity index (χ1v) is 7.17. The molecule has 3 rings (SSSR count). The van der Waals surface area contributed by atoms with E-state index in [-0.39, 0.29) is 6.10 Å². The molecule has 0 spiro atoms. The van der Waals surface area contributed by atoms with Gasteiger partial charge in [-0.05, 0) is 31.6 Å². The quantitative estimate of drug-likeness (QED) is 0.790. The van der Waals surface area contributed by atoms with Crippen molar-refractivity contribution in [2.75, 3.05) is 19.6 Å². The summed E-state index contributed by atoms with van der Waals surface area (Å²) in [5, 5.41) is 9.88. The van der Waals surface area contributed by atoms with Crippen molar-refractivity contribution in [2.45, 2.75) is 44.6 Å². The van der Waals surface area contributed by atoms with Crippen molar-refractivity contribution in [2.24, 2.45) is 17.8 Å². The smallest absolute Gasteiger partial charge is 0.137 e. The van der Waals surface area contributed by atoms with E-state index < -0.39 is 0 Å². The number of fused-ring (bicyclic) bond motifs is 1. The van der Waals surface area contributed by atoms with Crippen LogP contribution < -0.4 is 0 Å². The highest BCUT2D eigenvalue weighted by Gasteiger charge is 2.42. The highest BCUT2D eigenvalue weighted by Crippen LogP contribution is 2.38. The standard InChI is InChI=1S/C14H23NO2/c16-13-4-2-1-3-11(13)8-15-7-10-5-6-14(17)12(10)9-15/h10-12,14,17H,1-9H2. The van der Waals surface area contributed by atoms with Gasteiger partial charge in [0.2, 0.25) is 0 Å². The number of likely N-dealkylation sites (tertiary alicyclic amines) is 1. The van der Waals surface area contributed by atoms with Crippen molar-refractivity contribution in [3.8, 4) is 0 Å². The number of carbonyl (C=O) groups is 1. The predicted octanol–water partition coefficient (Wildman–Crippen LogP) is 1.45. The van der Waals surface area contributed by atoms with Gasteiger partial charge in [0, 0.05) is 37.9 Å². The maximum absolute atomic E-state index is 11.8. The van der Waals surface area contributed by atoms with Crippen molar-refractivity contribution in [3.63, 3.8) is 0 Å². The molecule has 17 heavy (non-hydrogen) atoms. The average molecular weight is 237 g/mol. The Bertz CT molecular complexity index is 305. The van der Waals surface area contributed by atoms with Gasteiger partial charge in [0.25, 0.3) is 0 Å². The second-order valence-corrected chi connectivity index (χ2v) is 6.20. The van der Waals surface area contributed by atoms with E-state index in [9.17, 15) is 9.90 Å². The first-order chi connectivity index (χ1) is 8.24. The highest BCUT2D eigenvalue weighted by molar-refractivity contribution is 5.81. The van der Waals surface area contributed by atoms with Crippen LogP contribution in [-0.4, -0.2) is 41.5 Å². The van der Waals surface area contributed by atoms with Gasteiger partial charge in [-0.15, -0.1) is 0 Å². The third-order valence-electron chi connectivity index (χ3n) is 5.05. The van der Waals surface area contributed by atoms with Crippen LogP contribution in [0.25, 0.3) is 0 Å². The van der Waals surface area contributed by atoms with E-state index in [0.717, 1.165) is 45.3 Å². The van der Waals surface area contributed by atoms with Crippen molar-refractivity contribution >= 4 is 5.78 Å². The van der Waals surface area contributed by atoms with Crippen LogP contribution in [0.3, 0.4) is 0 Å². The number of rotatable bonds is 2. The summed E-state index contributed by atoms with van der Waals surface area (Å²) in [7, 11) is 0. The van der Waals surface area contributed by atoms with Crippen LogP contribution in [0.5, 0.6) is 0 Å². The van der Waals surface area contributed by atoms with Crippen LogP contribution in [-0.2, 0) is 4.79 Å². The lowest BCUT2D eigenvalue weighted by Crippen LogP contribution is -2.34. The molecule has 2 aliphatic carbocycles. The maximum atomic E-state index is 11.8. The van der Waals surface area contributed by atoms with Gasteiger partial charge in [-0.25, -0.2) is 0 Å². The van der Waals surface area contributed by atoms with Crippen molar-refractivity contribution in [1.82, 2.24) is 4.90 Å². The average Bonchev–Trinajstić information content (AvgIpc) is 2.85. The largest absolute Gasteiger partial charge is 0.393 e. The maximum Gasteiger partial charge on any atom is 0.137 e. The zero-order valence-electron chi connectivity index (χ0n) is 10.5. The van der Waals surface area contributed by atoms with E-state index in [2.05, 4.69) is 4.90 Å². The second-order valence-electron chi connectivity index (χ2n) is 6.20. The van der Waals surface area contributed by atoms with Crippen molar-refractivity contribution in [3.05, 3.63) is 0 Å². The molecule has 0 amide bonds. The normalized spacial score (nSPS) is 43.0. The van der Waals surface area contributed by atoms with Crippen LogP contribution in [0.15, 0.2) is 0 Å². The van der Waals surface area contributed by atoms with E-state index >= 15 is 0 Å². The minimum absolute atomic E-state index is 0.0768. The minimum Gasteiger partial charge on any atom is -0.393 e. The molecule has 0 aromatic rings. The summed E-state index contributed by atoms with van der Waals surface area (Å²) in [6, 6.07) is 0. The molecule has 1 heterocycles. The monoisotopic (exact) mass is 237 g/mol. The van der Waals surface area contributed by atoms with Gasteiger partial charge in [-0.1, -0.05) is 6.42 Å². The molecule has 3 fully saturated rings. The lowest BCUT2D eigenvalue weighted by molar-refractivity contribution is -0.125. The van der Waals surface area contributed by atoms with Gasteiger partial charge in [0.1, 0.15) is 5.78 Å². The Kier molecular flexibility index (Phi) is 3.22. The highest BCUT2D eigenvalue weighted by atomic mass is 16.3. The van der Waals surface area contributed by atoms with Gasteiger partial charge >= 0.3 is 0 Å². The summed E-state index contributed by atoms with van der Waals surface area (Å²) in [5.74, 6) is 1.96. The fraction of sp³-hybridized carbons (Fsp3) is 0.929. The number of carbonyl (C=O) groups excluding carboxylic acids is 1. The minimum atomic E-state index is -0.0768. The molecule has 4 atom stereocenters. The van der Waals surface area contributed by atoms with E-state index in [0.29, 0.717) is 23.5 Å². The molecule has 0 aromatic carbocycles. The number of aliphatic hydroxyl groups excluding tert-OH is 1. The van der Waals surface area contributed by atoms with Gasteiger partial charge in [-0.3, -0.25) is 4.79 Å². The Morgan fingerprint density at radius 3 is 2.82 bits per heavy atom. The fourth-order valence-corrected chi connectivity index (χ4v) is 4.04. The van der Waals surface area contributed by atoms with Crippen molar-refractivity contribution in [1.29, 1.82) is 0 Å². The number of hydrogen-bond acceptors (Lipinski definition) is 3. The van der Waals surface area contributed by atoms with Crippen LogP contribution >= 0.6 is 0 Å². The van der Waals surface area contributed by atoms with Crippen molar-refractivity contribution < 1.29 is 9.90 Å². The Morgan fingerprint density at radius 2 is 2.06 bits per heavy atom. The summed E-state index contributed by atoms with van der Waals surface area (Å²) < 4.78 is 0. The zero-order chi connectivity index (χ0) is 11.8. The van der Waals surface area contributed by atoms with Gasteiger partial charge in [0.15, 0.2) is 0 Å². The molecular weight excluding hydrogens is 214 g/mol. The molecule has 1 saturated heterocycles. The van der Waals surface area contributed by atoms with Crippen LogP contribution in [0.2, 0.25) is 0 Å². The Hall–Kier alpha value is -0.410. The van der Waals surface area contributed by atoms with Gasteiger partial charge < -0.3 is 10.0 Å². The fourth-order valence-electron chi connectivity index (χ4n) is 4.04. The number of aliphatic hydroxyl groups is 1. The first kappa shape index (κ1) is 11.7. The molecule has 3 aliphatic rings. The zero-order valence-corrected chi connectivity index (χ0v) is 10.5. The molecule has 1 N–H and O–H groups in total. The summed E-state index contributed by atoms with van der Waals surface area (Å²) >= 11 is 0. The molecule has 4 unspecified atom stereocenters. The molecule has 3 nitrogen and oxygen atoms in total. The Morgan fingerprint density at radius 1 is 1.18 bits per heavy atom. The SMILES string of the molecule is O=C1CCCCC1CN1CC2CCC(O)C2C1. The van der Waals surface area contributed by atoms with E-state index in [1.165, 1.54) is 12.8 Å². The topological polar surface area (TPSA) is 40.5 Å². The van der Waals surface area contributed by atoms with Crippen LogP contribution in [0, 0.1) is 17.8 Å². The number of hydrogen-bond donors (Lipinski definition) is 1. The summed E-state index contributed by atoms with van der Waals surface area (Å²) in [6.07, 6.45) is 6.30. The first-order valence-electron chi connectivity index (χ1n) is 7.17. The number of Topliss-reactive ketones (excluding diaryl/α,β-unsaturated/α-hetero) is 1. The summed E-state index contributed by atoms with van der Waals surface area (Å²) in [5.41, 5.74) is 0. The molecule has 0 radical (unpaired) electrons. The predicted molar refractivity (Wildman–Crippen MR) is 65.6 cm³/mol. The number of ketones is 1. The molecule has 0 bridgehead atoms. The van der Waals surface area contributed by atoms with E-state index in [1.807, 2.05) is 0 Å². The van der Waals surface area contributed by atoms with E-state index in [4.69, 9.17) is 0 Å². The third kappa shape index (κ3) is 2.27. The number of nitrogens with zero attached hydrogens (tertiary/aromatic N) is 1. The second kappa shape index (κ2) is 4.69. The van der Waals surface area contributed by atoms with Crippen LogP contribution in [0.1, 0.15) is 38.5 Å². The van der Waals surface area contributed by atoms with Crippen LogP contribution in [0.4, 0.5) is 0 Å². The summed E-state index contributed by atoms with van der Waals surface area (Å²) in [4.78, 5) is 14.3. The molecule has 96 valence electrons. The third-order valence-corrected chi connectivity index (χ3v) is 5.05. The van der Waals surface area contributed by atoms with Gasteiger partial charge in [-0.2, -0.15) is 0 Å². The molecule has 3 heteroatoms. The molecule has 0 aromatic heterocycles. The van der Waals surface area contributed by atoms with E-state index in [1.54, 1.807) is 0 Å².